The summed E-state index contributed by atoms with van der Waals surface area (Å²) in [4.78, 5) is 15.1. The second kappa shape index (κ2) is 4.61. The summed E-state index contributed by atoms with van der Waals surface area (Å²) in [6, 6.07) is 7.41. The molecule has 1 N–H and O–H groups in total. The predicted molar refractivity (Wildman–Crippen MR) is 59.5 cm³/mol. The number of carbonyl (C=O) groups excluding carboxylic acids is 1. The van der Waals surface area contributed by atoms with E-state index in [1.807, 2.05) is 24.3 Å². The van der Waals surface area contributed by atoms with Gasteiger partial charge >= 0.3 is 0 Å². The smallest absolute Gasteiger partial charge is 0.217 e. The van der Waals surface area contributed by atoms with E-state index in [0.717, 1.165) is 11.3 Å². The van der Waals surface area contributed by atoms with Gasteiger partial charge in [0.15, 0.2) is 5.76 Å². The van der Waals surface area contributed by atoms with Gasteiger partial charge in [-0.05, 0) is 18.2 Å². The fraction of sp³-hybridized carbons (Fsp3) is 0.167. The van der Waals surface area contributed by atoms with Gasteiger partial charge in [-0.15, -0.1) is 0 Å². The SMILES string of the molecule is CC(=O)NCc1cccnc1-c1ccco1. The molecule has 4 heteroatoms. The van der Waals surface area contributed by atoms with Gasteiger partial charge in [0, 0.05) is 25.2 Å². The van der Waals surface area contributed by atoms with Crippen molar-refractivity contribution >= 4 is 5.91 Å². The van der Waals surface area contributed by atoms with Gasteiger partial charge in [0.05, 0.1) is 6.26 Å². The number of hydrogen-bond donors (Lipinski definition) is 1. The molecule has 0 unspecified atom stereocenters. The fourth-order valence-corrected chi connectivity index (χ4v) is 1.44. The van der Waals surface area contributed by atoms with Crippen molar-refractivity contribution in [2.75, 3.05) is 0 Å². The van der Waals surface area contributed by atoms with Crippen LogP contribution >= 0.6 is 0 Å². The van der Waals surface area contributed by atoms with Crippen LogP contribution in [0.1, 0.15) is 12.5 Å². The first-order valence-electron chi connectivity index (χ1n) is 4.99. The Bertz CT molecular complexity index is 478. The number of pyridine rings is 1. The molecule has 2 heterocycles. The van der Waals surface area contributed by atoms with Gasteiger partial charge < -0.3 is 9.73 Å². The van der Waals surface area contributed by atoms with Crippen molar-refractivity contribution < 1.29 is 9.21 Å². The number of furan rings is 1. The van der Waals surface area contributed by atoms with Crippen molar-refractivity contribution in [2.24, 2.45) is 0 Å². The van der Waals surface area contributed by atoms with E-state index in [1.165, 1.54) is 6.92 Å². The summed E-state index contributed by atoms with van der Waals surface area (Å²) >= 11 is 0. The monoisotopic (exact) mass is 216 g/mol. The van der Waals surface area contributed by atoms with Crippen molar-refractivity contribution in [1.29, 1.82) is 0 Å². The highest BCUT2D eigenvalue weighted by Crippen LogP contribution is 2.21. The van der Waals surface area contributed by atoms with Crippen molar-refractivity contribution in [2.45, 2.75) is 13.5 Å². The molecule has 0 saturated carbocycles. The minimum atomic E-state index is -0.0609. The fourth-order valence-electron chi connectivity index (χ4n) is 1.44. The van der Waals surface area contributed by atoms with E-state index in [0.29, 0.717) is 12.3 Å². The largest absolute Gasteiger partial charge is 0.463 e. The molecule has 1 amide bonds. The lowest BCUT2D eigenvalue weighted by Gasteiger charge is -2.06. The lowest BCUT2D eigenvalue weighted by atomic mass is 10.1. The number of amides is 1. The van der Waals surface area contributed by atoms with E-state index in [4.69, 9.17) is 4.42 Å². The van der Waals surface area contributed by atoms with Gasteiger partial charge in [-0.3, -0.25) is 9.78 Å². The summed E-state index contributed by atoms with van der Waals surface area (Å²) < 4.78 is 5.29. The minimum Gasteiger partial charge on any atom is -0.463 e. The van der Waals surface area contributed by atoms with Crippen LogP contribution in [-0.4, -0.2) is 10.9 Å². The van der Waals surface area contributed by atoms with Gasteiger partial charge in [0.25, 0.3) is 0 Å². The third-order valence-corrected chi connectivity index (χ3v) is 2.17. The van der Waals surface area contributed by atoms with E-state index in [9.17, 15) is 4.79 Å². The normalized spacial score (nSPS) is 10.1. The first-order chi connectivity index (χ1) is 7.77. The zero-order valence-corrected chi connectivity index (χ0v) is 8.93. The maximum Gasteiger partial charge on any atom is 0.217 e. The van der Waals surface area contributed by atoms with Crippen molar-refractivity contribution in [1.82, 2.24) is 10.3 Å². The van der Waals surface area contributed by atoms with Crippen molar-refractivity contribution in [3.8, 4) is 11.5 Å². The highest BCUT2D eigenvalue weighted by molar-refractivity contribution is 5.73. The number of nitrogens with zero attached hydrogens (tertiary/aromatic N) is 1. The molecule has 16 heavy (non-hydrogen) atoms. The van der Waals surface area contributed by atoms with Crippen molar-refractivity contribution in [3.05, 3.63) is 42.3 Å². The Morgan fingerprint density at radius 1 is 1.44 bits per heavy atom. The van der Waals surface area contributed by atoms with E-state index in [1.54, 1.807) is 12.5 Å². The average molecular weight is 216 g/mol. The summed E-state index contributed by atoms with van der Waals surface area (Å²) in [5.41, 5.74) is 1.70. The molecule has 2 aromatic heterocycles. The topological polar surface area (TPSA) is 55.1 Å². The Balaban J connectivity index is 2.27. The summed E-state index contributed by atoms with van der Waals surface area (Å²) in [5, 5.41) is 2.74. The Hall–Kier alpha value is -2.10. The zero-order valence-electron chi connectivity index (χ0n) is 8.93. The molecular formula is C12H12N2O2. The van der Waals surface area contributed by atoms with Crippen LogP contribution in [0.5, 0.6) is 0 Å². The first kappa shape index (κ1) is 10.4. The molecule has 0 aliphatic carbocycles. The van der Waals surface area contributed by atoms with Gasteiger partial charge in [-0.25, -0.2) is 0 Å². The quantitative estimate of drug-likeness (QED) is 0.853. The number of carbonyl (C=O) groups is 1. The van der Waals surface area contributed by atoms with Gasteiger partial charge in [0.1, 0.15) is 5.69 Å². The molecule has 0 saturated heterocycles. The maximum absolute atomic E-state index is 10.9. The molecule has 2 aromatic rings. The highest BCUT2D eigenvalue weighted by Gasteiger charge is 2.08. The van der Waals surface area contributed by atoms with Crippen LogP contribution < -0.4 is 5.32 Å². The zero-order chi connectivity index (χ0) is 11.4. The molecule has 0 bridgehead atoms. The molecule has 0 spiro atoms. The number of hydrogen-bond acceptors (Lipinski definition) is 3. The Morgan fingerprint density at radius 3 is 3.00 bits per heavy atom. The average Bonchev–Trinajstić information content (AvgIpc) is 2.80. The molecule has 0 aliphatic heterocycles. The molecule has 0 atom stereocenters. The third kappa shape index (κ3) is 2.28. The van der Waals surface area contributed by atoms with Crippen LogP contribution in [0.3, 0.4) is 0 Å². The van der Waals surface area contributed by atoms with Crippen LogP contribution in [0.25, 0.3) is 11.5 Å². The summed E-state index contributed by atoms with van der Waals surface area (Å²) in [6.07, 6.45) is 3.31. The lowest BCUT2D eigenvalue weighted by molar-refractivity contribution is -0.119. The van der Waals surface area contributed by atoms with Crippen LogP contribution in [0, 0.1) is 0 Å². The summed E-state index contributed by atoms with van der Waals surface area (Å²) in [7, 11) is 0. The van der Waals surface area contributed by atoms with E-state index < -0.39 is 0 Å². The third-order valence-electron chi connectivity index (χ3n) is 2.17. The van der Waals surface area contributed by atoms with E-state index >= 15 is 0 Å². The maximum atomic E-state index is 10.9. The van der Waals surface area contributed by atoms with Crippen LogP contribution in [-0.2, 0) is 11.3 Å². The van der Waals surface area contributed by atoms with Crippen LogP contribution in [0.15, 0.2) is 41.1 Å². The Kier molecular flexibility index (Phi) is 3.00. The van der Waals surface area contributed by atoms with Crippen molar-refractivity contribution in [3.63, 3.8) is 0 Å². The molecule has 82 valence electrons. The summed E-state index contributed by atoms with van der Waals surface area (Å²) in [6.45, 7) is 1.95. The molecule has 0 radical (unpaired) electrons. The molecule has 4 nitrogen and oxygen atoms in total. The summed E-state index contributed by atoms with van der Waals surface area (Å²) in [5.74, 6) is 0.648. The number of rotatable bonds is 3. The molecule has 2 rings (SSSR count). The van der Waals surface area contributed by atoms with Crippen LogP contribution in [0.4, 0.5) is 0 Å². The van der Waals surface area contributed by atoms with E-state index in [-0.39, 0.29) is 5.91 Å². The standard InChI is InChI=1S/C12H12N2O2/c1-9(15)14-8-10-4-2-6-13-12(10)11-5-3-7-16-11/h2-7H,8H2,1H3,(H,14,15). The van der Waals surface area contributed by atoms with Crippen LogP contribution in [0.2, 0.25) is 0 Å². The van der Waals surface area contributed by atoms with Gasteiger partial charge in [-0.1, -0.05) is 6.07 Å². The molecular weight excluding hydrogens is 204 g/mol. The van der Waals surface area contributed by atoms with Gasteiger partial charge in [-0.2, -0.15) is 0 Å². The highest BCUT2D eigenvalue weighted by atomic mass is 16.3. The second-order valence-corrected chi connectivity index (χ2v) is 3.40. The predicted octanol–water partition coefficient (Wildman–Crippen LogP) is 1.98. The Morgan fingerprint density at radius 2 is 2.31 bits per heavy atom. The number of aromatic nitrogens is 1. The lowest BCUT2D eigenvalue weighted by Crippen LogP contribution is -2.19. The van der Waals surface area contributed by atoms with E-state index in [2.05, 4.69) is 10.3 Å². The Labute approximate surface area is 93.3 Å². The first-order valence-corrected chi connectivity index (χ1v) is 4.99. The molecule has 0 aromatic carbocycles. The minimum absolute atomic E-state index is 0.0609. The second-order valence-electron chi connectivity index (χ2n) is 3.40. The number of nitrogens with one attached hydrogen (secondary N) is 1. The van der Waals surface area contributed by atoms with Gasteiger partial charge in [0.2, 0.25) is 5.91 Å². The molecule has 0 fully saturated rings. The molecule has 0 aliphatic rings.